The summed E-state index contributed by atoms with van der Waals surface area (Å²) in [4.78, 5) is 46.2. The van der Waals surface area contributed by atoms with Crippen molar-refractivity contribution in [1.29, 1.82) is 0 Å². The molecule has 0 saturated carbocycles. The van der Waals surface area contributed by atoms with Crippen LogP contribution in [0.4, 0.5) is 9.80 Å². The lowest BCUT2D eigenvalue weighted by Gasteiger charge is -2.37. The van der Waals surface area contributed by atoms with Gasteiger partial charge in [-0.3, -0.25) is 14.5 Å². The third-order valence-electron chi connectivity index (χ3n) is 5.26. The minimum absolute atomic E-state index is 0.0429. The van der Waals surface area contributed by atoms with Crippen molar-refractivity contribution >= 4 is 61.5 Å². The van der Waals surface area contributed by atoms with Crippen molar-refractivity contribution in [3.05, 3.63) is 32.0 Å². The largest absolute Gasteiger partial charge is 0.444 e. The molecule has 8 nitrogen and oxygen atoms in total. The molecule has 2 aliphatic heterocycles. The number of thiazole rings is 1. The highest BCUT2D eigenvalue weighted by Crippen LogP contribution is 2.34. The van der Waals surface area contributed by atoms with E-state index in [0.29, 0.717) is 35.9 Å². The van der Waals surface area contributed by atoms with E-state index in [9.17, 15) is 14.4 Å². The average molecular weight is 541 g/mol. The lowest BCUT2D eigenvalue weighted by Crippen LogP contribution is -2.48. The number of ether oxygens (including phenoxy) is 1. The fourth-order valence-corrected chi connectivity index (χ4v) is 5.92. The second-order valence-corrected chi connectivity index (χ2v) is 12.4. The van der Waals surface area contributed by atoms with Crippen molar-refractivity contribution in [2.45, 2.75) is 51.2 Å². The molecule has 0 aliphatic carbocycles. The number of anilines is 1. The van der Waals surface area contributed by atoms with Crippen LogP contribution in [0.15, 0.2) is 22.1 Å². The minimum atomic E-state index is -0.615. The highest BCUT2D eigenvalue weighted by Gasteiger charge is 2.37. The van der Waals surface area contributed by atoms with Gasteiger partial charge in [0, 0.05) is 25.6 Å². The van der Waals surface area contributed by atoms with Gasteiger partial charge < -0.3 is 15.0 Å². The smallest absolute Gasteiger partial charge is 0.410 e. The zero-order valence-corrected chi connectivity index (χ0v) is 21.3. The molecule has 32 heavy (non-hydrogen) atoms. The van der Waals surface area contributed by atoms with E-state index in [4.69, 9.17) is 4.74 Å². The van der Waals surface area contributed by atoms with Gasteiger partial charge in [0.2, 0.25) is 5.91 Å². The van der Waals surface area contributed by atoms with Gasteiger partial charge in [-0.15, -0.1) is 22.7 Å². The van der Waals surface area contributed by atoms with Crippen LogP contribution in [0.2, 0.25) is 0 Å². The van der Waals surface area contributed by atoms with Crippen LogP contribution in [0.3, 0.4) is 0 Å². The first-order chi connectivity index (χ1) is 15.1. The number of nitrogens with one attached hydrogen (secondary N) is 1. The SMILES string of the molecule is CC(C)(C)OC(=O)N1CCC[C@H]1C(=O)Nc1ccc(C(=O)N2CC(c3ncc(Br)s3)C2)s1. The van der Waals surface area contributed by atoms with Crippen LogP contribution in [-0.2, 0) is 9.53 Å². The van der Waals surface area contributed by atoms with E-state index in [0.717, 1.165) is 15.2 Å². The second-order valence-electron chi connectivity index (χ2n) is 8.89. The summed E-state index contributed by atoms with van der Waals surface area (Å²) in [6, 6.07) is 2.90. The monoisotopic (exact) mass is 540 g/mol. The van der Waals surface area contributed by atoms with Crippen LogP contribution in [-0.4, -0.2) is 64.0 Å². The van der Waals surface area contributed by atoms with Gasteiger partial charge in [-0.25, -0.2) is 9.78 Å². The fraction of sp³-hybridized carbons (Fsp3) is 0.524. The van der Waals surface area contributed by atoms with E-state index < -0.39 is 17.7 Å². The first-order valence-electron chi connectivity index (χ1n) is 10.4. The third kappa shape index (κ3) is 5.15. The van der Waals surface area contributed by atoms with Crippen LogP contribution in [0.1, 0.15) is 54.2 Å². The van der Waals surface area contributed by atoms with E-state index in [2.05, 4.69) is 26.2 Å². The van der Waals surface area contributed by atoms with Gasteiger partial charge in [0.15, 0.2) is 0 Å². The average Bonchev–Trinajstić information content (AvgIpc) is 3.39. The standard InChI is InChI=1S/C21H25BrN4O4S2/c1-21(2,3)30-20(29)26-8-4-5-13(26)17(27)24-16-7-6-14(31-16)19(28)25-10-12(11-25)18-23-9-15(22)32-18/h6-7,9,12-13H,4-5,8,10-11H2,1-3H3,(H,24,27)/t13-/m0/s1. The molecule has 0 aromatic carbocycles. The molecule has 0 spiro atoms. The van der Waals surface area contributed by atoms with Crippen molar-refractivity contribution in [1.82, 2.24) is 14.8 Å². The molecule has 172 valence electrons. The zero-order valence-electron chi connectivity index (χ0n) is 18.1. The van der Waals surface area contributed by atoms with Crippen LogP contribution in [0, 0.1) is 0 Å². The van der Waals surface area contributed by atoms with Gasteiger partial charge >= 0.3 is 6.09 Å². The van der Waals surface area contributed by atoms with Gasteiger partial charge in [-0.1, -0.05) is 0 Å². The van der Waals surface area contributed by atoms with Crippen molar-refractivity contribution < 1.29 is 19.1 Å². The van der Waals surface area contributed by atoms with Gasteiger partial charge in [-0.2, -0.15) is 0 Å². The van der Waals surface area contributed by atoms with Crippen LogP contribution < -0.4 is 5.32 Å². The molecule has 4 heterocycles. The number of likely N-dealkylation sites (tertiary alicyclic amines) is 2. The Bertz CT molecular complexity index is 1030. The Labute approximate surface area is 203 Å². The lowest BCUT2D eigenvalue weighted by molar-refractivity contribution is -0.120. The predicted molar refractivity (Wildman–Crippen MR) is 127 cm³/mol. The fourth-order valence-electron chi connectivity index (χ4n) is 3.72. The van der Waals surface area contributed by atoms with Crippen molar-refractivity contribution in [3.63, 3.8) is 0 Å². The molecule has 2 aliphatic rings. The summed E-state index contributed by atoms with van der Waals surface area (Å²) in [6.45, 7) is 7.19. The van der Waals surface area contributed by atoms with E-state index in [1.54, 1.807) is 55.3 Å². The topological polar surface area (TPSA) is 91.8 Å². The first kappa shape index (κ1) is 23.2. The molecule has 1 atom stereocenters. The molecule has 2 saturated heterocycles. The minimum Gasteiger partial charge on any atom is -0.444 e. The molecule has 11 heteroatoms. The molecule has 2 aromatic rings. The number of rotatable bonds is 4. The van der Waals surface area contributed by atoms with E-state index in [1.807, 2.05) is 0 Å². The Balaban J connectivity index is 1.32. The molecule has 0 unspecified atom stereocenters. The number of amides is 3. The Morgan fingerprint density at radius 3 is 2.62 bits per heavy atom. The van der Waals surface area contributed by atoms with E-state index >= 15 is 0 Å². The molecule has 4 rings (SSSR count). The Morgan fingerprint density at radius 1 is 1.22 bits per heavy atom. The van der Waals surface area contributed by atoms with Crippen molar-refractivity contribution in [2.75, 3.05) is 25.0 Å². The van der Waals surface area contributed by atoms with Crippen LogP contribution in [0.25, 0.3) is 0 Å². The van der Waals surface area contributed by atoms with E-state index in [1.165, 1.54) is 16.2 Å². The number of halogens is 1. The Hall–Kier alpha value is -1.98. The Kier molecular flexibility index (Phi) is 6.60. The number of aromatic nitrogens is 1. The number of carbonyl (C=O) groups is 3. The summed E-state index contributed by atoms with van der Waals surface area (Å²) in [5.41, 5.74) is -0.615. The highest BCUT2D eigenvalue weighted by molar-refractivity contribution is 9.11. The van der Waals surface area contributed by atoms with Crippen LogP contribution in [0.5, 0.6) is 0 Å². The number of hydrogen-bond donors (Lipinski definition) is 1. The maximum atomic E-state index is 12.8. The Morgan fingerprint density at radius 2 is 1.97 bits per heavy atom. The molecular formula is C21H25BrN4O4S2. The third-order valence-corrected chi connectivity index (χ3v) is 7.89. The van der Waals surface area contributed by atoms with Gasteiger partial charge in [0.1, 0.15) is 16.7 Å². The summed E-state index contributed by atoms with van der Waals surface area (Å²) in [7, 11) is 0. The number of thiophene rings is 1. The number of carbonyl (C=O) groups excluding carboxylic acids is 3. The normalized spacial score (nSPS) is 19.1. The maximum absolute atomic E-state index is 12.8. The summed E-state index contributed by atoms with van der Waals surface area (Å²) in [5.74, 6) is -0.0261. The quantitative estimate of drug-likeness (QED) is 0.614. The zero-order chi connectivity index (χ0) is 23.0. The molecule has 2 aromatic heterocycles. The van der Waals surface area contributed by atoms with Crippen molar-refractivity contribution in [3.8, 4) is 0 Å². The predicted octanol–water partition coefficient (Wildman–Crippen LogP) is 4.54. The molecular weight excluding hydrogens is 516 g/mol. The summed E-state index contributed by atoms with van der Waals surface area (Å²) < 4.78 is 6.42. The van der Waals surface area contributed by atoms with Gasteiger partial charge in [0.05, 0.1) is 19.9 Å². The highest BCUT2D eigenvalue weighted by atomic mass is 79.9. The summed E-state index contributed by atoms with van der Waals surface area (Å²) in [6.07, 6.45) is 2.64. The number of hydrogen-bond acceptors (Lipinski definition) is 7. The van der Waals surface area contributed by atoms with Gasteiger partial charge in [-0.05, 0) is 61.7 Å². The molecule has 2 fully saturated rings. The summed E-state index contributed by atoms with van der Waals surface area (Å²) in [5, 5.41) is 4.49. The first-order valence-corrected chi connectivity index (χ1v) is 12.8. The van der Waals surface area contributed by atoms with E-state index in [-0.39, 0.29) is 17.7 Å². The van der Waals surface area contributed by atoms with Gasteiger partial charge in [0.25, 0.3) is 5.91 Å². The van der Waals surface area contributed by atoms with Crippen molar-refractivity contribution in [2.24, 2.45) is 0 Å². The molecule has 0 bridgehead atoms. The second kappa shape index (κ2) is 9.11. The number of nitrogens with zero attached hydrogens (tertiary/aromatic N) is 3. The van der Waals surface area contributed by atoms with Crippen LogP contribution >= 0.6 is 38.6 Å². The molecule has 1 N–H and O–H groups in total. The molecule has 0 radical (unpaired) electrons. The lowest BCUT2D eigenvalue weighted by atomic mass is 10.0. The maximum Gasteiger partial charge on any atom is 0.410 e. The molecule has 3 amide bonds. The summed E-state index contributed by atoms with van der Waals surface area (Å²) >= 11 is 6.26.